The topological polar surface area (TPSA) is 38.0 Å². The molecule has 0 saturated carbocycles. The average molecular weight is 232 g/mol. The van der Waals surface area contributed by atoms with Gasteiger partial charge in [-0.05, 0) is 24.1 Å². The van der Waals surface area contributed by atoms with E-state index in [2.05, 4.69) is 36.6 Å². The second-order valence-corrected chi connectivity index (χ2v) is 4.87. The van der Waals surface area contributed by atoms with E-state index in [1.165, 1.54) is 15.3 Å². The Morgan fingerprint density at radius 1 is 1.19 bits per heavy atom. The van der Waals surface area contributed by atoms with E-state index in [0.29, 0.717) is 0 Å². The van der Waals surface area contributed by atoms with Crippen molar-refractivity contribution in [3.63, 3.8) is 0 Å². The molecule has 1 atom stereocenters. The Labute approximate surface area is 100 Å². The van der Waals surface area contributed by atoms with E-state index >= 15 is 0 Å². The van der Waals surface area contributed by atoms with Crippen LogP contribution < -0.4 is 11.3 Å². The summed E-state index contributed by atoms with van der Waals surface area (Å²) in [4.78, 5) is 2.66. The zero-order valence-electron chi connectivity index (χ0n) is 9.31. The van der Waals surface area contributed by atoms with Crippen molar-refractivity contribution in [1.29, 1.82) is 0 Å². The van der Waals surface area contributed by atoms with Gasteiger partial charge in [0, 0.05) is 9.75 Å². The van der Waals surface area contributed by atoms with E-state index in [4.69, 9.17) is 5.84 Å². The summed E-state index contributed by atoms with van der Waals surface area (Å²) in [7, 11) is 0. The van der Waals surface area contributed by atoms with Gasteiger partial charge < -0.3 is 0 Å². The Balaban J connectivity index is 2.29. The number of hydrogen-bond donors (Lipinski definition) is 2. The van der Waals surface area contributed by atoms with E-state index in [-0.39, 0.29) is 6.04 Å². The molecule has 3 N–H and O–H groups in total. The molecule has 1 aromatic heterocycles. The lowest BCUT2D eigenvalue weighted by Gasteiger charge is -2.14. The van der Waals surface area contributed by atoms with Gasteiger partial charge in [-0.2, -0.15) is 0 Å². The fourth-order valence-electron chi connectivity index (χ4n) is 1.73. The number of thiophene rings is 1. The van der Waals surface area contributed by atoms with Crippen LogP contribution >= 0.6 is 11.3 Å². The smallest absolute Gasteiger partial charge is 0.0802 e. The van der Waals surface area contributed by atoms with Crippen LogP contribution in [0, 0.1) is 0 Å². The molecule has 2 nitrogen and oxygen atoms in total. The van der Waals surface area contributed by atoms with Gasteiger partial charge in [0.05, 0.1) is 6.04 Å². The molecule has 2 rings (SSSR count). The van der Waals surface area contributed by atoms with Crippen LogP contribution in [0.5, 0.6) is 0 Å². The van der Waals surface area contributed by atoms with E-state index in [9.17, 15) is 0 Å². The highest BCUT2D eigenvalue weighted by atomic mass is 32.1. The summed E-state index contributed by atoms with van der Waals surface area (Å²) in [5.74, 6) is 5.64. The number of nitrogens with one attached hydrogen (secondary N) is 1. The van der Waals surface area contributed by atoms with Gasteiger partial charge in [-0.1, -0.05) is 37.3 Å². The minimum atomic E-state index is 0.103. The second-order valence-electron chi connectivity index (χ2n) is 3.67. The highest BCUT2D eigenvalue weighted by Gasteiger charge is 2.13. The summed E-state index contributed by atoms with van der Waals surface area (Å²) in [5.41, 5.74) is 4.09. The predicted octanol–water partition coefficient (Wildman–Crippen LogP) is 2.86. The van der Waals surface area contributed by atoms with E-state index in [1.807, 2.05) is 29.5 Å². The first-order chi connectivity index (χ1) is 7.85. The first kappa shape index (κ1) is 11.3. The SMILES string of the molecule is CCc1ccc(C(NN)c2ccccc2)s1. The molecular weight excluding hydrogens is 216 g/mol. The van der Waals surface area contributed by atoms with Crippen LogP contribution in [0.2, 0.25) is 0 Å². The summed E-state index contributed by atoms with van der Waals surface area (Å²) in [6.45, 7) is 2.17. The van der Waals surface area contributed by atoms with Crippen LogP contribution in [-0.2, 0) is 6.42 Å². The van der Waals surface area contributed by atoms with Crippen LogP contribution in [0.4, 0.5) is 0 Å². The van der Waals surface area contributed by atoms with Crippen molar-refractivity contribution >= 4 is 11.3 Å². The maximum absolute atomic E-state index is 5.64. The number of hydrazine groups is 1. The van der Waals surface area contributed by atoms with E-state index in [1.54, 1.807) is 0 Å². The molecule has 16 heavy (non-hydrogen) atoms. The first-order valence-electron chi connectivity index (χ1n) is 5.44. The molecular formula is C13H16N2S. The molecule has 0 bridgehead atoms. The third kappa shape index (κ3) is 2.32. The normalized spacial score (nSPS) is 12.6. The van der Waals surface area contributed by atoms with Crippen molar-refractivity contribution in [3.05, 3.63) is 57.8 Å². The number of aryl methyl sites for hydroxylation is 1. The zero-order chi connectivity index (χ0) is 11.4. The van der Waals surface area contributed by atoms with Crippen LogP contribution in [-0.4, -0.2) is 0 Å². The summed E-state index contributed by atoms with van der Waals surface area (Å²) in [6.07, 6.45) is 1.08. The molecule has 3 heteroatoms. The Morgan fingerprint density at radius 3 is 2.50 bits per heavy atom. The van der Waals surface area contributed by atoms with E-state index in [0.717, 1.165) is 6.42 Å². The van der Waals surface area contributed by atoms with Gasteiger partial charge in [-0.15, -0.1) is 11.3 Å². The number of rotatable bonds is 4. The fraction of sp³-hybridized carbons (Fsp3) is 0.231. The van der Waals surface area contributed by atoms with Crippen molar-refractivity contribution in [2.24, 2.45) is 5.84 Å². The van der Waals surface area contributed by atoms with Gasteiger partial charge in [0.15, 0.2) is 0 Å². The number of hydrogen-bond acceptors (Lipinski definition) is 3. The fourth-order valence-corrected chi connectivity index (χ4v) is 2.77. The van der Waals surface area contributed by atoms with Crippen LogP contribution in [0.25, 0.3) is 0 Å². The molecule has 0 radical (unpaired) electrons. The third-order valence-electron chi connectivity index (χ3n) is 2.61. The van der Waals surface area contributed by atoms with Crippen molar-refractivity contribution in [2.75, 3.05) is 0 Å². The van der Waals surface area contributed by atoms with Gasteiger partial charge >= 0.3 is 0 Å². The quantitative estimate of drug-likeness (QED) is 0.628. The Kier molecular flexibility index (Phi) is 3.72. The maximum atomic E-state index is 5.64. The molecule has 0 amide bonds. The average Bonchev–Trinajstić information content (AvgIpc) is 2.80. The molecule has 0 aliphatic heterocycles. The molecule has 84 valence electrons. The Hall–Kier alpha value is -1.16. The monoisotopic (exact) mass is 232 g/mol. The van der Waals surface area contributed by atoms with Gasteiger partial charge in [-0.25, -0.2) is 5.43 Å². The Bertz CT molecular complexity index is 436. The summed E-state index contributed by atoms with van der Waals surface area (Å²) < 4.78 is 0. The maximum Gasteiger partial charge on any atom is 0.0802 e. The van der Waals surface area contributed by atoms with Gasteiger partial charge in [0.25, 0.3) is 0 Å². The molecule has 0 aliphatic rings. The number of nitrogens with two attached hydrogens (primary N) is 1. The zero-order valence-corrected chi connectivity index (χ0v) is 10.1. The van der Waals surface area contributed by atoms with Crippen LogP contribution in [0.3, 0.4) is 0 Å². The lowest BCUT2D eigenvalue weighted by atomic mass is 10.1. The molecule has 1 heterocycles. The standard InChI is InChI=1S/C13H16N2S/c1-2-11-8-9-12(16-11)13(15-14)10-6-4-3-5-7-10/h3-9,13,15H,2,14H2,1H3. The molecule has 0 spiro atoms. The van der Waals surface area contributed by atoms with Crippen molar-refractivity contribution < 1.29 is 0 Å². The third-order valence-corrected chi connectivity index (χ3v) is 3.91. The molecule has 0 saturated heterocycles. The first-order valence-corrected chi connectivity index (χ1v) is 6.26. The Morgan fingerprint density at radius 2 is 1.94 bits per heavy atom. The second kappa shape index (κ2) is 5.25. The van der Waals surface area contributed by atoms with Crippen LogP contribution in [0.15, 0.2) is 42.5 Å². The molecule has 1 aromatic carbocycles. The minimum Gasteiger partial charge on any atom is -0.271 e. The number of benzene rings is 1. The van der Waals surface area contributed by atoms with Gasteiger partial charge in [-0.3, -0.25) is 5.84 Å². The van der Waals surface area contributed by atoms with E-state index < -0.39 is 0 Å². The van der Waals surface area contributed by atoms with Gasteiger partial charge in [0.2, 0.25) is 0 Å². The largest absolute Gasteiger partial charge is 0.271 e. The van der Waals surface area contributed by atoms with Crippen molar-refractivity contribution in [1.82, 2.24) is 5.43 Å². The summed E-state index contributed by atoms with van der Waals surface area (Å²) >= 11 is 1.82. The highest BCUT2D eigenvalue weighted by Crippen LogP contribution is 2.28. The molecule has 0 aliphatic carbocycles. The minimum absolute atomic E-state index is 0.103. The molecule has 1 unspecified atom stereocenters. The van der Waals surface area contributed by atoms with Crippen molar-refractivity contribution in [3.8, 4) is 0 Å². The summed E-state index contributed by atoms with van der Waals surface area (Å²) in [6, 6.07) is 14.7. The predicted molar refractivity (Wildman–Crippen MR) is 69.3 cm³/mol. The van der Waals surface area contributed by atoms with Gasteiger partial charge in [0.1, 0.15) is 0 Å². The van der Waals surface area contributed by atoms with Crippen LogP contribution in [0.1, 0.15) is 28.3 Å². The molecule has 0 fully saturated rings. The lowest BCUT2D eigenvalue weighted by Crippen LogP contribution is -2.28. The molecule has 2 aromatic rings. The summed E-state index contributed by atoms with van der Waals surface area (Å²) in [5, 5.41) is 0. The van der Waals surface area contributed by atoms with Crippen molar-refractivity contribution in [2.45, 2.75) is 19.4 Å². The highest BCUT2D eigenvalue weighted by molar-refractivity contribution is 7.12. The lowest BCUT2D eigenvalue weighted by molar-refractivity contribution is 0.646.